The highest BCUT2D eigenvalue weighted by molar-refractivity contribution is 8.09. The number of rotatable bonds is 3. The maximum Gasteiger partial charge on any atom is 0.329 e. The number of ether oxygens (including phenoxy) is 1. The van der Waals surface area contributed by atoms with E-state index in [0.717, 1.165) is 20.6 Å². The molecule has 3 amide bonds. The van der Waals surface area contributed by atoms with Crippen molar-refractivity contribution in [1.82, 2.24) is 10.3 Å². The van der Waals surface area contributed by atoms with Gasteiger partial charge in [0.2, 0.25) is 0 Å². The molecule has 1 aromatic carbocycles. The second-order valence-electron chi connectivity index (χ2n) is 6.56. The number of imide groups is 1. The van der Waals surface area contributed by atoms with Gasteiger partial charge in [0, 0.05) is 27.1 Å². The van der Waals surface area contributed by atoms with Crippen molar-refractivity contribution in [1.29, 1.82) is 0 Å². The molecule has 0 bridgehead atoms. The van der Waals surface area contributed by atoms with E-state index < -0.39 is 17.3 Å². The topological polar surface area (TPSA) is 71.5 Å². The monoisotopic (exact) mass is 443 g/mol. The molecule has 146 valence electrons. The molecule has 2 aliphatic rings. The SMILES string of the molecule is COc1ccc(Cl)c(C2=CC3NC(=O)N(c4cncc5ccsc45)C(=O)C3S2)c1. The maximum absolute atomic E-state index is 13.3. The molecule has 2 aromatic heterocycles. The standard InChI is InChI=1S/C20H14ClN3O3S2/c1-27-11-2-3-13(21)12(6-11)16-7-14-18(29-16)19(25)24(20(26)23-14)15-9-22-8-10-4-5-28-17(10)15/h2-9,14,18H,1H3,(H,23,26). The lowest BCUT2D eigenvalue weighted by molar-refractivity contribution is -0.118. The Labute approximate surface area is 179 Å². The van der Waals surface area contributed by atoms with E-state index in [1.165, 1.54) is 28.0 Å². The number of thiophene rings is 1. The Balaban J connectivity index is 1.50. The number of thioether (sulfide) groups is 1. The number of nitrogens with zero attached hydrogens (tertiary/aromatic N) is 2. The van der Waals surface area contributed by atoms with E-state index in [1.54, 1.807) is 31.6 Å². The van der Waals surface area contributed by atoms with Gasteiger partial charge in [-0.1, -0.05) is 11.6 Å². The first kappa shape index (κ1) is 18.5. The van der Waals surface area contributed by atoms with E-state index in [1.807, 2.05) is 23.6 Å². The van der Waals surface area contributed by atoms with Crippen LogP contribution < -0.4 is 15.0 Å². The Kier molecular flexibility index (Phi) is 4.49. The van der Waals surface area contributed by atoms with E-state index in [4.69, 9.17) is 16.3 Å². The third-order valence-corrected chi connectivity index (χ3v) is 7.53. The highest BCUT2D eigenvalue weighted by atomic mass is 35.5. The number of anilines is 1. The fourth-order valence-electron chi connectivity index (χ4n) is 3.49. The lowest BCUT2D eigenvalue weighted by Gasteiger charge is -2.33. The van der Waals surface area contributed by atoms with E-state index >= 15 is 0 Å². The van der Waals surface area contributed by atoms with Crippen LogP contribution in [0.15, 0.2) is 48.1 Å². The molecule has 0 saturated carbocycles. The molecule has 6 nitrogen and oxygen atoms in total. The highest BCUT2D eigenvalue weighted by Gasteiger charge is 2.46. The van der Waals surface area contributed by atoms with Gasteiger partial charge >= 0.3 is 6.03 Å². The van der Waals surface area contributed by atoms with Crippen LogP contribution in [0.1, 0.15) is 5.56 Å². The first-order valence-corrected chi connectivity index (χ1v) is 10.9. The van der Waals surface area contributed by atoms with E-state index in [2.05, 4.69) is 10.3 Å². The third-order valence-electron chi connectivity index (χ3n) is 4.89. The smallest absolute Gasteiger partial charge is 0.329 e. The van der Waals surface area contributed by atoms with Gasteiger partial charge in [0.1, 0.15) is 11.0 Å². The minimum atomic E-state index is -0.472. The molecule has 9 heteroatoms. The Hall–Kier alpha value is -2.55. The Morgan fingerprint density at radius 2 is 2.10 bits per heavy atom. The number of hydrogen-bond acceptors (Lipinski definition) is 6. The maximum atomic E-state index is 13.3. The zero-order chi connectivity index (χ0) is 20.1. The molecule has 3 aromatic rings. The van der Waals surface area contributed by atoms with Crippen molar-refractivity contribution in [2.24, 2.45) is 0 Å². The van der Waals surface area contributed by atoms with Crippen molar-refractivity contribution in [3.05, 3.63) is 58.7 Å². The van der Waals surface area contributed by atoms with Crippen molar-refractivity contribution in [3.63, 3.8) is 0 Å². The highest BCUT2D eigenvalue weighted by Crippen LogP contribution is 2.45. The lowest BCUT2D eigenvalue weighted by Crippen LogP contribution is -2.60. The van der Waals surface area contributed by atoms with Gasteiger partial charge in [-0.05, 0) is 35.7 Å². The first-order chi connectivity index (χ1) is 14.1. The summed E-state index contributed by atoms with van der Waals surface area (Å²) in [4.78, 5) is 32.3. The van der Waals surface area contributed by atoms with Crippen LogP contribution in [0, 0.1) is 0 Å². The van der Waals surface area contributed by atoms with Crippen LogP contribution in [-0.2, 0) is 4.79 Å². The van der Waals surface area contributed by atoms with Gasteiger partial charge < -0.3 is 10.1 Å². The number of hydrogen-bond donors (Lipinski definition) is 1. The summed E-state index contributed by atoms with van der Waals surface area (Å²) in [7, 11) is 1.59. The van der Waals surface area contributed by atoms with E-state index in [9.17, 15) is 9.59 Å². The van der Waals surface area contributed by atoms with Crippen molar-refractivity contribution < 1.29 is 14.3 Å². The molecule has 0 spiro atoms. The van der Waals surface area contributed by atoms with Gasteiger partial charge in [-0.25, -0.2) is 9.69 Å². The molecule has 1 N–H and O–H groups in total. The van der Waals surface area contributed by atoms with Crippen molar-refractivity contribution >= 4 is 67.3 Å². The summed E-state index contributed by atoms with van der Waals surface area (Å²) in [5.74, 6) is 0.407. The molecule has 4 heterocycles. The predicted molar refractivity (Wildman–Crippen MR) is 117 cm³/mol. The number of nitrogens with one attached hydrogen (secondary N) is 1. The van der Waals surface area contributed by atoms with Gasteiger partial charge in [-0.3, -0.25) is 9.78 Å². The summed E-state index contributed by atoms with van der Waals surface area (Å²) in [6.45, 7) is 0. The van der Waals surface area contributed by atoms with Crippen LogP contribution in [0.2, 0.25) is 5.02 Å². The Bertz CT molecular complexity index is 1190. The minimum Gasteiger partial charge on any atom is -0.497 e. The second kappa shape index (κ2) is 7.05. The number of carbonyl (C=O) groups excluding carboxylic acids is 2. The number of methoxy groups -OCH3 is 1. The largest absolute Gasteiger partial charge is 0.497 e. The normalized spacial score (nSPS) is 21.2. The van der Waals surface area contributed by atoms with Crippen LogP contribution in [0.25, 0.3) is 15.0 Å². The summed E-state index contributed by atoms with van der Waals surface area (Å²) in [6, 6.07) is 6.44. The zero-order valence-electron chi connectivity index (χ0n) is 15.1. The van der Waals surface area contributed by atoms with Gasteiger partial charge in [-0.2, -0.15) is 0 Å². The minimum absolute atomic E-state index is 0.267. The predicted octanol–water partition coefficient (Wildman–Crippen LogP) is 4.54. The molecule has 2 unspecified atom stereocenters. The number of fused-ring (bicyclic) bond motifs is 2. The molecule has 2 aliphatic heterocycles. The summed E-state index contributed by atoms with van der Waals surface area (Å²) < 4.78 is 6.14. The molecule has 1 saturated heterocycles. The van der Waals surface area contributed by atoms with Crippen LogP contribution in [0.5, 0.6) is 5.75 Å². The Morgan fingerprint density at radius 1 is 1.24 bits per heavy atom. The second-order valence-corrected chi connectivity index (χ2v) is 9.07. The van der Waals surface area contributed by atoms with Gasteiger partial charge in [0.25, 0.3) is 5.91 Å². The summed E-state index contributed by atoms with van der Waals surface area (Å²) in [5, 5.41) is 5.84. The molecule has 2 atom stereocenters. The van der Waals surface area contributed by atoms with Crippen molar-refractivity contribution in [3.8, 4) is 5.75 Å². The number of pyridine rings is 1. The number of halogens is 1. The van der Waals surface area contributed by atoms with Crippen LogP contribution in [-0.4, -0.2) is 35.3 Å². The molecule has 1 fully saturated rings. The molecular formula is C20H14ClN3O3S2. The molecule has 0 radical (unpaired) electrons. The quantitative estimate of drug-likeness (QED) is 0.643. The number of amides is 3. The van der Waals surface area contributed by atoms with Crippen molar-refractivity contribution in [2.75, 3.05) is 12.0 Å². The van der Waals surface area contributed by atoms with Gasteiger partial charge in [0.05, 0.1) is 29.7 Å². The summed E-state index contributed by atoms with van der Waals surface area (Å²) >= 11 is 9.24. The van der Waals surface area contributed by atoms with Gasteiger partial charge in [-0.15, -0.1) is 23.1 Å². The lowest BCUT2D eigenvalue weighted by atomic mass is 10.1. The Morgan fingerprint density at radius 3 is 2.93 bits per heavy atom. The van der Waals surface area contributed by atoms with E-state index in [-0.39, 0.29) is 5.91 Å². The molecule has 29 heavy (non-hydrogen) atoms. The van der Waals surface area contributed by atoms with Gasteiger partial charge in [0.15, 0.2) is 0 Å². The molecular weight excluding hydrogens is 430 g/mol. The van der Waals surface area contributed by atoms with Crippen LogP contribution in [0.4, 0.5) is 10.5 Å². The number of carbonyl (C=O) groups is 2. The first-order valence-electron chi connectivity index (χ1n) is 8.75. The fraction of sp³-hybridized carbons (Fsp3) is 0.150. The molecule has 5 rings (SSSR count). The van der Waals surface area contributed by atoms with Crippen LogP contribution >= 0.6 is 34.7 Å². The summed E-state index contributed by atoms with van der Waals surface area (Å²) in [5.41, 5.74) is 1.29. The fourth-order valence-corrected chi connectivity index (χ4v) is 5.93. The number of aromatic nitrogens is 1. The van der Waals surface area contributed by atoms with Crippen LogP contribution in [0.3, 0.4) is 0 Å². The number of benzene rings is 1. The van der Waals surface area contributed by atoms with E-state index in [0.29, 0.717) is 16.5 Å². The molecule has 0 aliphatic carbocycles. The van der Waals surface area contributed by atoms with Crippen molar-refractivity contribution in [2.45, 2.75) is 11.3 Å². The number of urea groups is 1. The third kappa shape index (κ3) is 2.99. The average molecular weight is 444 g/mol. The average Bonchev–Trinajstić information content (AvgIpc) is 3.36. The summed E-state index contributed by atoms with van der Waals surface area (Å²) in [6.07, 6.45) is 5.16. The zero-order valence-corrected chi connectivity index (χ0v) is 17.5.